The number of aromatic amines is 1. The van der Waals surface area contributed by atoms with Crippen LogP contribution in [0.3, 0.4) is 0 Å². The fourth-order valence-electron chi connectivity index (χ4n) is 3.23. The van der Waals surface area contributed by atoms with Gasteiger partial charge in [-0.1, -0.05) is 6.42 Å². The van der Waals surface area contributed by atoms with E-state index < -0.39 is 0 Å². The number of hydrogen-bond donors (Lipinski definition) is 1. The van der Waals surface area contributed by atoms with Crippen molar-refractivity contribution in [3.8, 4) is 0 Å². The van der Waals surface area contributed by atoms with E-state index in [1.54, 1.807) is 0 Å². The van der Waals surface area contributed by atoms with Crippen LogP contribution in [-0.2, 0) is 6.54 Å². The minimum atomic E-state index is 0.745. The topological polar surface area (TPSA) is 36.9 Å². The van der Waals surface area contributed by atoms with Gasteiger partial charge in [0.25, 0.3) is 0 Å². The fourth-order valence-corrected chi connectivity index (χ4v) is 3.49. The molecule has 1 saturated carbocycles. The van der Waals surface area contributed by atoms with Crippen LogP contribution in [0, 0.1) is 16.6 Å². The lowest BCUT2D eigenvalue weighted by molar-refractivity contribution is 0.494. The zero-order valence-electron chi connectivity index (χ0n) is 9.65. The molecular weight excluding hydrogens is 220 g/mol. The molecule has 1 aliphatic heterocycles. The number of H-pyrrole nitrogens is 1. The third-order valence-electron chi connectivity index (χ3n) is 4.06. The molecule has 3 rings (SSSR count). The molecule has 0 spiro atoms. The molecule has 1 N–H and O–H groups in total. The molecule has 0 radical (unpaired) electrons. The van der Waals surface area contributed by atoms with E-state index >= 15 is 0 Å². The molecule has 2 aliphatic rings. The summed E-state index contributed by atoms with van der Waals surface area (Å²) in [7, 11) is 0. The number of rotatable bonds is 2. The number of fused-ring (bicyclic) bond motifs is 1. The molecular formula is C11H18N4S. The number of nitrogens with one attached hydrogen (secondary N) is 1. The van der Waals surface area contributed by atoms with Crippen LogP contribution in [0.15, 0.2) is 0 Å². The zero-order valence-corrected chi connectivity index (χ0v) is 10.5. The summed E-state index contributed by atoms with van der Waals surface area (Å²) in [5, 5.41) is 7.27. The Hall–Kier alpha value is -0.840. The van der Waals surface area contributed by atoms with Gasteiger partial charge in [0, 0.05) is 19.6 Å². The average Bonchev–Trinajstić information content (AvgIpc) is 2.89. The fraction of sp³-hybridized carbons (Fsp3) is 0.818. The molecule has 88 valence electrons. The van der Waals surface area contributed by atoms with E-state index in [1.807, 2.05) is 0 Å². The van der Waals surface area contributed by atoms with Gasteiger partial charge in [-0.25, -0.2) is 5.10 Å². The third-order valence-corrected chi connectivity index (χ3v) is 4.38. The molecule has 1 aliphatic carbocycles. The summed E-state index contributed by atoms with van der Waals surface area (Å²) in [4.78, 5) is 2.41. The normalized spacial score (nSPS) is 28.7. The van der Waals surface area contributed by atoms with Gasteiger partial charge in [0.15, 0.2) is 4.77 Å². The van der Waals surface area contributed by atoms with E-state index in [9.17, 15) is 0 Å². The molecule has 1 aromatic heterocycles. The highest BCUT2D eigenvalue weighted by molar-refractivity contribution is 7.71. The molecule has 2 heterocycles. The zero-order chi connectivity index (χ0) is 11.1. The van der Waals surface area contributed by atoms with Crippen LogP contribution in [0.2, 0.25) is 0 Å². The largest absolute Gasteiger partial charge is 0.340 e. The minimum absolute atomic E-state index is 0.745. The first-order chi connectivity index (χ1) is 7.79. The summed E-state index contributed by atoms with van der Waals surface area (Å²) < 4.78 is 2.84. The molecule has 0 aromatic carbocycles. The second-order valence-electron chi connectivity index (χ2n) is 4.93. The lowest BCUT2D eigenvalue weighted by atomic mass is 10.0. The van der Waals surface area contributed by atoms with Gasteiger partial charge >= 0.3 is 0 Å². The van der Waals surface area contributed by atoms with Crippen LogP contribution in [0.1, 0.15) is 26.2 Å². The summed E-state index contributed by atoms with van der Waals surface area (Å²) in [5.41, 5.74) is 0. The van der Waals surface area contributed by atoms with Crippen LogP contribution in [0.5, 0.6) is 0 Å². The number of aromatic nitrogens is 3. The second kappa shape index (κ2) is 3.87. The van der Waals surface area contributed by atoms with Gasteiger partial charge in [-0.2, -0.15) is 0 Å². The second-order valence-corrected chi connectivity index (χ2v) is 5.32. The highest BCUT2D eigenvalue weighted by Crippen LogP contribution is 2.38. The van der Waals surface area contributed by atoms with Gasteiger partial charge in [0.2, 0.25) is 5.95 Å². The predicted octanol–water partition coefficient (Wildman–Crippen LogP) is 2.20. The summed E-state index contributed by atoms with van der Waals surface area (Å²) in [6.07, 6.45) is 4.22. The number of hydrogen-bond acceptors (Lipinski definition) is 3. The van der Waals surface area contributed by atoms with Gasteiger partial charge in [-0.15, -0.1) is 5.10 Å². The number of nitrogens with zero attached hydrogens (tertiary/aromatic N) is 3. The first-order valence-corrected chi connectivity index (χ1v) is 6.60. The maximum Gasteiger partial charge on any atom is 0.225 e. The van der Waals surface area contributed by atoms with E-state index in [1.165, 1.54) is 32.4 Å². The first kappa shape index (κ1) is 10.3. The molecule has 1 saturated heterocycles. The number of anilines is 1. The van der Waals surface area contributed by atoms with E-state index in [0.29, 0.717) is 0 Å². The van der Waals surface area contributed by atoms with Crippen molar-refractivity contribution in [2.75, 3.05) is 18.0 Å². The summed E-state index contributed by atoms with van der Waals surface area (Å²) in [5.74, 6) is 2.84. The van der Waals surface area contributed by atoms with Gasteiger partial charge in [0.05, 0.1) is 0 Å². The minimum Gasteiger partial charge on any atom is -0.340 e. The van der Waals surface area contributed by atoms with Crippen molar-refractivity contribution in [3.05, 3.63) is 4.77 Å². The lowest BCUT2D eigenvalue weighted by Gasteiger charge is -2.18. The first-order valence-electron chi connectivity index (χ1n) is 6.19. The molecule has 2 fully saturated rings. The van der Waals surface area contributed by atoms with E-state index in [0.717, 1.165) is 29.1 Å². The van der Waals surface area contributed by atoms with Crippen molar-refractivity contribution >= 4 is 18.2 Å². The Balaban J connectivity index is 1.86. The Labute approximate surface area is 101 Å². The van der Waals surface area contributed by atoms with Crippen molar-refractivity contribution in [3.63, 3.8) is 0 Å². The standard InChI is InChI=1S/C11H18N4S/c1-2-15-10(12-13-11(15)16)14-6-8-4-3-5-9(8)7-14/h8-9H,2-7H2,1H3,(H,13,16). The Bertz CT molecular complexity index is 423. The maximum atomic E-state index is 5.23. The molecule has 2 atom stereocenters. The van der Waals surface area contributed by atoms with Gasteiger partial charge in [-0.05, 0) is 43.8 Å². The van der Waals surface area contributed by atoms with Gasteiger partial charge < -0.3 is 4.90 Å². The van der Waals surface area contributed by atoms with Gasteiger partial charge in [-0.3, -0.25) is 4.57 Å². The summed E-state index contributed by atoms with van der Waals surface area (Å²) >= 11 is 5.23. The Morgan fingerprint density at radius 3 is 2.69 bits per heavy atom. The third kappa shape index (κ3) is 1.49. The smallest absolute Gasteiger partial charge is 0.225 e. The molecule has 4 nitrogen and oxygen atoms in total. The van der Waals surface area contributed by atoms with Crippen molar-refractivity contribution in [1.29, 1.82) is 0 Å². The van der Waals surface area contributed by atoms with E-state index in [4.69, 9.17) is 12.2 Å². The molecule has 16 heavy (non-hydrogen) atoms. The van der Waals surface area contributed by atoms with Crippen molar-refractivity contribution in [1.82, 2.24) is 14.8 Å². The summed E-state index contributed by atoms with van der Waals surface area (Å²) in [6, 6.07) is 0. The van der Waals surface area contributed by atoms with Crippen LogP contribution in [0.25, 0.3) is 0 Å². The van der Waals surface area contributed by atoms with Crippen LogP contribution >= 0.6 is 12.2 Å². The highest BCUT2D eigenvalue weighted by atomic mass is 32.1. The van der Waals surface area contributed by atoms with E-state index in [2.05, 4.69) is 26.6 Å². The van der Waals surface area contributed by atoms with Crippen molar-refractivity contribution < 1.29 is 0 Å². The summed E-state index contributed by atoms with van der Waals surface area (Å²) in [6.45, 7) is 5.36. The quantitative estimate of drug-likeness (QED) is 0.803. The monoisotopic (exact) mass is 238 g/mol. The Morgan fingerprint density at radius 1 is 1.38 bits per heavy atom. The predicted molar refractivity (Wildman–Crippen MR) is 66.1 cm³/mol. The molecule has 1 aromatic rings. The molecule has 0 amide bonds. The SMILES string of the molecule is CCn1c(N2CC3CCCC3C2)n[nH]c1=S. The average molecular weight is 238 g/mol. The Morgan fingerprint density at radius 2 is 2.06 bits per heavy atom. The molecule has 5 heteroatoms. The Kier molecular flexibility index (Phi) is 2.50. The van der Waals surface area contributed by atoms with Crippen LogP contribution in [0.4, 0.5) is 5.95 Å². The highest BCUT2D eigenvalue weighted by Gasteiger charge is 2.37. The van der Waals surface area contributed by atoms with E-state index in [-0.39, 0.29) is 0 Å². The van der Waals surface area contributed by atoms with Crippen LogP contribution < -0.4 is 4.90 Å². The van der Waals surface area contributed by atoms with Crippen molar-refractivity contribution in [2.45, 2.75) is 32.7 Å². The lowest BCUT2D eigenvalue weighted by Crippen LogP contribution is -2.24. The van der Waals surface area contributed by atoms with Crippen molar-refractivity contribution in [2.24, 2.45) is 11.8 Å². The van der Waals surface area contributed by atoms with Crippen LogP contribution in [-0.4, -0.2) is 27.9 Å². The molecule has 0 bridgehead atoms. The maximum absolute atomic E-state index is 5.23. The van der Waals surface area contributed by atoms with Gasteiger partial charge in [0.1, 0.15) is 0 Å². The molecule has 2 unspecified atom stereocenters.